The van der Waals surface area contributed by atoms with Gasteiger partial charge in [0.25, 0.3) is 5.91 Å². The van der Waals surface area contributed by atoms with Crippen LogP contribution in [0.4, 0.5) is 5.95 Å². The summed E-state index contributed by atoms with van der Waals surface area (Å²) in [5.74, 6) is 0.691. The maximum absolute atomic E-state index is 12.2. The first kappa shape index (κ1) is 9.38. The number of hydrogen-bond donors (Lipinski definition) is 1. The number of nitrogens with one attached hydrogen (secondary N) is 1. The molecule has 6 heteroatoms. The second kappa shape index (κ2) is 2.84. The van der Waals surface area contributed by atoms with Crippen molar-refractivity contribution in [3.05, 3.63) is 11.4 Å². The number of carbonyl (C=O) groups is 1. The first-order valence-electron chi connectivity index (χ1n) is 5.22. The molecule has 0 bridgehead atoms. The smallest absolute Gasteiger partial charge is 0.262 e. The molecular weight excluding hydrogens is 206 g/mol. The summed E-state index contributed by atoms with van der Waals surface area (Å²) >= 11 is 0. The number of nitrogens with zero attached hydrogens (tertiary/aromatic N) is 4. The quantitative estimate of drug-likeness (QED) is 0.662. The predicted octanol–water partition coefficient (Wildman–Crippen LogP) is -0.0839. The van der Waals surface area contributed by atoms with Crippen molar-refractivity contribution in [2.24, 2.45) is 4.99 Å². The van der Waals surface area contributed by atoms with Crippen LogP contribution in [0.15, 0.2) is 4.99 Å². The van der Waals surface area contributed by atoms with Crippen LogP contribution in [-0.4, -0.2) is 41.1 Å². The van der Waals surface area contributed by atoms with Gasteiger partial charge >= 0.3 is 0 Å². The lowest BCUT2D eigenvalue weighted by Gasteiger charge is -2.33. The van der Waals surface area contributed by atoms with E-state index in [0.29, 0.717) is 5.95 Å². The van der Waals surface area contributed by atoms with Gasteiger partial charge in [-0.1, -0.05) is 0 Å². The standard InChI is InChI=1S/C10H13N5O/c1-5-6(2)15-9(16)7-8(12-4-11-7)14(3)10(15)13-5/h4,7-8H,1-3H3,(H,11,12). The highest BCUT2D eigenvalue weighted by Crippen LogP contribution is 2.27. The summed E-state index contributed by atoms with van der Waals surface area (Å²) in [4.78, 5) is 22.8. The Morgan fingerprint density at radius 2 is 2.19 bits per heavy atom. The molecule has 6 nitrogen and oxygen atoms in total. The van der Waals surface area contributed by atoms with Gasteiger partial charge in [0.05, 0.1) is 12.0 Å². The van der Waals surface area contributed by atoms with Gasteiger partial charge in [-0.15, -0.1) is 0 Å². The van der Waals surface area contributed by atoms with Crippen molar-refractivity contribution in [2.45, 2.75) is 26.1 Å². The van der Waals surface area contributed by atoms with Crippen LogP contribution >= 0.6 is 0 Å². The molecule has 0 aromatic carbocycles. The highest BCUT2D eigenvalue weighted by Gasteiger charge is 2.42. The van der Waals surface area contributed by atoms with Gasteiger partial charge in [-0.25, -0.2) is 4.98 Å². The van der Waals surface area contributed by atoms with E-state index in [1.54, 1.807) is 10.9 Å². The number of imidazole rings is 1. The van der Waals surface area contributed by atoms with Gasteiger partial charge in [-0.3, -0.25) is 14.4 Å². The van der Waals surface area contributed by atoms with Crippen LogP contribution in [-0.2, 0) is 0 Å². The van der Waals surface area contributed by atoms with Crippen molar-refractivity contribution < 1.29 is 4.79 Å². The molecule has 2 atom stereocenters. The molecule has 16 heavy (non-hydrogen) atoms. The molecule has 2 aliphatic heterocycles. The summed E-state index contributed by atoms with van der Waals surface area (Å²) in [6.45, 7) is 3.82. The molecular formula is C10H13N5O. The molecule has 2 aliphatic rings. The third kappa shape index (κ3) is 0.937. The largest absolute Gasteiger partial charge is 0.354 e. The summed E-state index contributed by atoms with van der Waals surface area (Å²) < 4.78 is 1.65. The Hall–Kier alpha value is -1.85. The molecule has 0 radical (unpaired) electrons. The van der Waals surface area contributed by atoms with E-state index in [0.717, 1.165) is 11.4 Å². The summed E-state index contributed by atoms with van der Waals surface area (Å²) in [5.41, 5.74) is 1.78. The topological polar surface area (TPSA) is 62.5 Å². The minimum Gasteiger partial charge on any atom is -0.354 e. The highest BCUT2D eigenvalue weighted by molar-refractivity contribution is 5.93. The number of likely N-dealkylation sites (N-methyl/N-ethyl adjacent to an activating group) is 1. The molecule has 1 aromatic rings. The molecule has 2 unspecified atom stereocenters. The summed E-state index contributed by atoms with van der Waals surface area (Å²) in [5, 5.41) is 3.07. The van der Waals surface area contributed by atoms with Crippen LogP contribution in [0, 0.1) is 13.8 Å². The average Bonchev–Trinajstić information content (AvgIpc) is 2.83. The van der Waals surface area contributed by atoms with Crippen LogP contribution < -0.4 is 10.2 Å². The van der Waals surface area contributed by atoms with E-state index in [2.05, 4.69) is 15.3 Å². The van der Waals surface area contributed by atoms with E-state index in [1.165, 1.54) is 0 Å². The molecule has 1 N–H and O–H groups in total. The fraction of sp³-hybridized carbons (Fsp3) is 0.500. The Morgan fingerprint density at radius 3 is 2.94 bits per heavy atom. The molecule has 0 aliphatic carbocycles. The normalized spacial score (nSPS) is 26.7. The van der Waals surface area contributed by atoms with Crippen molar-refractivity contribution in [3.63, 3.8) is 0 Å². The maximum atomic E-state index is 12.2. The first-order chi connectivity index (χ1) is 7.61. The van der Waals surface area contributed by atoms with E-state index in [9.17, 15) is 4.79 Å². The van der Waals surface area contributed by atoms with E-state index < -0.39 is 0 Å². The second-order valence-corrected chi connectivity index (χ2v) is 4.20. The summed E-state index contributed by atoms with van der Waals surface area (Å²) in [7, 11) is 1.92. The highest BCUT2D eigenvalue weighted by atomic mass is 16.2. The van der Waals surface area contributed by atoms with E-state index in [-0.39, 0.29) is 18.1 Å². The zero-order chi connectivity index (χ0) is 11.4. The van der Waals surface area contributed by atoms with Crippen LogP contribution in [0.25, 0.3) is 0 Å². The number of aromatic nitrogens is 2. The van der Waals surface area contributed by atoms with Crippen molar-refractivity contribution in [3.8, 4) is 0 Å². The van der Waals surface area contributed by atoms with Gasteiger partial charge in [0, 0.05) is 12.7 Å². The van der Waals surface area contributed by atoms with E-state index >= 15 is 0 Å². The predicted molar refractivity (Wildman–Crippen MR) is 59.9 cm³/mol. The molecule has 0 spiro atoms. The van der Waals surface area contributed by atoms with Crippen molar-refractivity contribution in [1.82, 2.24) is 14.9 Å². The zero-order valence-electron chi connectivity index (χ0n) is 9.43. The summed E-state index contributed by atoms with van der Waals surface area (Å²) in [6, 6.07) is -0.357. The fourth-order valence-corrected chi connectivity index (χ4v) is 2.24. The van der Waals surface area contributed by atoms with Crippen molar-refractivity contribution in [2.75, 3.05) is 11.9 Å². The lowest BCUT2D eigenvalue weighted by atomic mass is 10.1. The molecule has 3 heterocycles. The van der Waals surface area contributed by atoms with Gasteiger partial charge in [0.2, 0.25) is 5.95 Å². The first-order valence-corrected chi connectivity index (χ1v) is 5.22. The minimum atomic E-state index is -0.357. The van der Waals surface area contributed by atoms with Gasteiger partial charge in [-0.05, 0) is 13.8 Å². The van der Waals surface area contributed by atoms with Crippen LogP contribution in [0.5, 0.6) is 0 Å². The average molecular weight is 219 g/mol. The third-order valence-corrected chi connectivity index (χ3v) is 3.31. The Bertz CT molecular complexity index is 504. The molecule has 0 saturated heterocycles. The molecule has 0 saturated carbocycles. The molecule has 0 fully saturated rings. The third-order valence-electron chi connectivity index (χ3n) is 3.31. The van der Waals surface area contributed by atoms with E-state index in [1.807, 2.05) is 25.8 Å². The number of aliphatic imine (C=N–C) groups is 1. The molecule has 84 valence electrons. The fourth-order valence-electron chi connectivity index (χ4n) is 2.24. The second-order valence-electron chi connectivity index (χ2n) is 4.20. The SMILES string of the molecule is Cc1nc2n(c1C)C(=O)C1N=CNC1N2C. The van der Waals surface area contributed by atoms with Crippen LogP contribution in [0.2, 0.25) is 0 Å². The van der Waals surface area contributed by atoms with Crippen LogP contribution in [0.3, 0.4) is 0 Å². The number of hydrogen-bond acceptors (Lipinski definition) is 5. The number of aryl methyl sites for hydroxylation is 1. The van der Waals surface area contributed by atoms with Crippen molar-refractivity contribution in [1.29, 1.82) is 0 Å². The molecule has 1 aromatic heterocycles. The van der Waals surface area contributed by atoms with Gasteiger partial charge < -0.3 is 10.2 Å². The van der Waals surface area contributed by atoms with E-state index in [4.69, 9.17) is 0 Å². The number of anilines is 1. The lowest BCUT2D eigenvalue weighted by molar-refractivity contribution is 0.0853. The number of fused-ring (bicyclic) bond motifs is 2. The minimum absolute atomic E-state index is 0.00236. The van der Waals surface area contributed by atoms with Crippen LogP contribution in [0.1, 0.15) is 16.2 Å². The number of carbonyl (C=O) groups excluding carboxylic acids is 1. The van der Waals surface area contributed by atoms with Crippen molar-refractivity contribution >= 4 is 18.2 Å². The molecule has 0 amide bonds. The maximum Gasteiger partial charge on any atom is 0.262 e. The number of rotatable bonds is 0. The Morgan fingerprint density at radius 1 is 1.44 bits per heavy atom. The van der Waals surface area contributed by atoms with Gasteiger partial charge in [-0.2, -0.15) is 0 Å². The Labute approximate surface area is 93.0 Å². The zero-order valence-corrected chi connectivity index (χ0v) is 9.43. The van der Waals surface area contributed by atoms with Gasteiger partial charge in [0.15, 0.2) is 6.04 Å². The Balaban J connectivity index is 2.21. The summed E-state index contributed by atoms with van der Waals surface area (Å²) in [6.07, 6.45) is 1.50. The molecule has 3 rings (SSSR count). The lowest BCUT2D eigenvalue weighted by Crippen LogP contribution is -2.55. The monoisotopic (exact) mass is 219 g/mol. The van der Waals surface area contributed by atoms with Gasteiger partial charge in [0.1, 0.15) is 6.17 Å². The Kier molecular flexibility index (Phi) is 1.66.